The van der Waals surface area contributed by atoms with E-state index in [1.54, 1.807) is 0 Å². The summed E-state index contributed by atoms with van der Waals surface area (Å²) in [5.74, 6) is -0.137. The van der Waals surface area contributed by atoms with Gasteiger partial charge in [-0.05, 0) is 26.0 Å². The minimum atomic E-state index is -0.137. The van der Waals surface area contributed by atoms with E-state index in [0.717, 1.165) is 28.2 Å². The topological polar surface area (TPSA) is 57.8 Å². The van der Waals surface area contributed by atoms with Crippen molar-refractivity contribution in [1.82, 2.24) is 10.2 Å². The van der Waals surface area contributed by atoms with E-state index < -0.39 is 0 Å². The number of nitrogens with one attached hydrogen (secondary N) is 2. The summed E-state index contributed by atoms with van der Waals surface area (Å²) in [7, 11) is 0. The van der Waals surface area contributed by atoms with Crippen molar-refractivity contribution in [2.45, 2.75) is 13.8 Å². The molecular weight excluding hydrogens is 274 g/mol. The summed E-state index contributed by atoms with van der Waals surface area (Å²) < 4.78 is 0. The minimum Gasteiger partial charge on any atom is -0.319 e. The number of hydrogen-bond acceptors (Lipinski definition) is 2. The Morgan fingerprint density at radius 1 is 1.00 bits per heavy atom. The highest BCUT2D eigenvalue weighted by molar-refractivity contribution is 6.06. The largest absolute Gasteiger partial charge is 0.319 e. The first-order chi connectivity index (χ1) is 10.6. The van der Waals surface area contributed by atoms with Crippen LogP contribution in [0.4, 0.5) is 5.69 Å². The number of aromatic nitrogens is 2. The fourth-order valence-electron chi connectivity index (χ4n) is 2.29. The van der Waals surface area contributed by atoms with Gasteiger partial charge in [0.25, 0.3) is 5.91 Å². The van der Waals surface area contributed by atoms with E-state index in [-0.39, 0.29) is 5.91 Å². The smallest absolute Gasteiger partial charge is 0.255 e. The first-order valence-electron chi connectivity index (χ1n) is 7.13. The highest BCUT2D eigenvalue weighted by atomic mass is 16.1. The summed E-state index contributed by atoms with van der Waals surface area (Å²) >= 11 is 0. The molecule has 0 unspecified atom stereocenters. The number of anilines is 1. The standard InChI is InChI=1S/C18H17N3O/c1-12-8-10-15(11-9-12)18(22)19-16-13(2)20-21-17(16)14-6-4-3-5-7-14/h3-11H,1-2H3,(H,19,22)(H,20,21). The van der Waals surface area contributed by atoms with Gasteiger partial charge in [-0.3, -0.25) is 9.89 Å². The Morgan fingerprint density at radius 2 is 1.68 bits per heavy atom. The van der Waals surface area contributed by atoms with E-state index in [9.17, 15) is 4.79 Å². The third-order valence-corrected chi connectivity index (χ3v) is 3.56. The van der Waals surface area contributed by atoms with Crippen LogP contribution in [-0.2, 0) is 0 Å². The van der Waals surface area contributed by atoms with Crippen LogP contribution in [0.1, 0.15) is 21.6 Å². The van der Waals surface area contributed by atoms with Crippen LogP contribution in [0.15, 0.2) is 54.6 Å². The Morgan fingerprint density at radius 3 is 2.36 bits per heavy atom. The average molecular weight is 291 g/mol. The number of aryl methyl sites for hydroxylation is 2. The maximum atomic E-state index is 12.4. The molecule has 0 saturated heterocycles. The third kappa shape index (κ3) is 2.76. The molecule has 0 bridgehead atoms. The molecule has 1 heterocycles. The fourth-order valence-corrected chi connectivity index (χ4v) is 2.29. The summed E-state index contributed by atoms with van der Waals surface area (Å²) in [6.07, 6.45) is 0. The van der Waals surface area contributed by atoms with Gasteiger partial charge in [-0.2, -0.15) is 5.10 Å². The summed E-state index contributed by atoms with van der Waals surface area (Å²) in [6, 6.07) is 17.3. The first-order valence-corrected chi connectivity index (χ1v) is 7.13. The van der Waals surface area contributed by atoms with E-state index in [4.69, 9.17) is 0 Å². The molecule has 0 aliphatic carbocycles. The Kier molecular flexibility index (Phi) is 3.74. The number of amides is 1. The monoisotopic (exact) mass is 291 g/mol. The number of aromatic amines is 1. The van der Waals surface area contributed by atoms with Gasteiger partial charge >= 0.3 is 0 Å². The lowest BCUT2D eigenvalue weighted by Crippen LogP contribution is -2.12. The predicted molar refractivity (Wildman–Crippen MR) is 87.9 cm³/mol. The molecule has 3 rings (SSSR count). The number of carbonyl (C=O) groups excluding carboxylic acids is 1. The zero-order valence-corrected chi connectivity index (χ0v) is 12.6. The highest BCUT2D eigenvalue weighted by Crippen LogP contribution is 2.28. The summed E-state index contributed by atoms with van der Waals surface area (Å²) in [5, 5.41) is 10.2. The van der Waals surface area contributed by atoms with Gasteiger partial charge in [0.2, 0.25) is 0 Å². The van der Waals surface area contributed by atoms with Crippen molar-refractivity contribution in [2.75, 3.05) is 5.32 Å². The van der Waals surface area contributed by atoms with Crippen molar-refractivity contribution in [3.8, 4) is 11.3 Å². The van der Waals surface area contributed by atoms with Crippen molar-refractivity contribution in [2.24, 2.45) is 0 Å². The van der Waals surface area contributed by atoms with E-state index in [2.05, 4.69) is 15.5 Å². The van der Waals surface area contributed by atoms with Crippen LogP contribution in [0.2, 0.25) is 0 Å². The molecule has 0 aliphatic rings. The van der Waals surface area contributed by atoms with E-state index in [1.165, 1.54) is 0 Å². The molecule has 1 amide bonds. The van der Waals surface area contributed by atoms with Crippen LogP contribution in [0, 0.1) is 13.8 Å². The molecule has 4 nitrogen and oxygen atoms in total. The Bertz CT molecular complexity index is 789. The van der Waals surface area contributed by atoms with E-state index >= 15 is 0 Å². The van der Waals surface area contributed by atoms with Gasteiger partial charge in [0.05, 0.1) is 17.1 Å². The second-order valence-corrected chi connectivity index (χ2v) is 5.25. The number of nitrogens with zero attached hydrogens (tertiary/aromatic N) is 1. The Hall–Kier alpha value is -2.88. The molecule has 0 atom stereocenters. The molecule has 2 aromatic carbocycles. The van der Waals surface area contributed by atoms with Gasteiger partial charge in [-0.15, -0.1) is 0 Å². The van der Waals surface area contributed by atoms with Gasteiger partial charge in [-0.25, -0.2) is 0 Å². The Balaban J connectivity index is 1.91. The lowest BCUT2D eigenvalue weighted by Gasteiger charge is -2.07. The summed E-state index contributed by atoms with van der Waals surface area (Å²) in [6.45, 7) is 3.86. The number of benzene rings is 2. The van der Waals surface area contributed by atoms with Crippen LogP contribution in [-0.4, -0.2) is 16.1 Å². The molecule has 0 aliphatic heterocycles. The quantitative estimate of drug-likeness (QED) is 0.767. The third-order valence-electron chi connectivity index (χ3n) is 3.56. The first kappa shape index (κ1) is 14.1. The van der Waals surface area contributed by atoms with Gasteiger partial charge in [0.1, 0.15) is 0 Å². The molecule has 0 spiro atoms. The molecule has 1 aromatic heterocycles. The molecule has 4 heteroatoms. The van der Waals surface area contributed by atoms with Gasteiger partial charge in [-0.1, -0.05) is 48.0 Å². The molecule has 22 heavy (non-hydrogen) atoms. The maximum Gasteiger partial charge on any atom is 0.255 e. The minimum absolute atomic E-state index is 0.137. The van der Waals surface area contributed by atoms with Crippen molar-refractivity contribution in [1.29, 1.82) is 0 Å². The van der Waals surface area contributed by atoms with Gasteiger partial charge in [0.15, 0.2) is 0 Å². The van der Waals surface area contributed by atoms with Crippen LogP contribution < -0.4 is 5.32 Å². The molecule has 3 aromatic rings. The summed E-state index contributed by atoms with van der Waals surface area (Å²) in [4.78, 5) is 12.4. The lowest BCUT2D eigenvalue weighted by atomic mass is 10.1. The van der Waals surface area contributed by atoms with Crippen LogP contribution >= 0.6 is 0 Å². The van der Waals surface area contributed by atoms with E-state index in [1.807, 2.05) is 68.4 Å². The van der Waals surface area contributed by atoms with Crippen LogP contribution in [0.25, 0.3) is 11.3 Å². The Labute approximate surface area is 129 Å². The average Bonchev–Trinajstić information content (AvgIpc) is 2.90. The lowest BCUT2D eigenvalue weighted by molar-refractivity contribution is 0.102. The normalized spacial score (nSPS) is 10.5. The van der Waals surface area contributed by atoms with Crippen molar-refractivity contribution < 1.29 is 4.79 Å². The van der Waals surface area contributed by atoms with Crippen molar-refractivity contribution in [3.05, 3.63) is 71.4 Å². The molecule has 2 N–H and O–H groups in total. The maximum absolute atomic E-state index is 12.4. The van der Waals surface area contributed by atoms with Crippen molar-refractivity contribution in [3.63, 3.8) is 0 Å². The van der Waals surface area contributed by atoms with Gasteiger partial charge < -0.3 is 5.32 Å². The summed E-state index contributed by atoms with van der Waals surface area (Å²) in [5.41, 5.74) is 5.04. The molecular formula is C18H17N3O. The second kappa shape index (κ2) is 5.85. The zero-order valence-electron chi connectivity index (χ0n) is 12.6. The predicted octanol–water partition coefficient (Wildman–Crippen LogP) is 3.95. The number of H-pyrrole nitrogens is 1. The van der Waals surface area contributed by atoms with Crippen LogP contribution in [0.5, 0.6) is 0 Å². The highest BCUT2D eigenvalue weighted by Gasteiger charge is 2.15. The SMILES string of the molecule is Cc1ccc(C(=O)Nc2c(C)n[nH]c2-c2ccccc2)cc1. The molecule has 110 valence electrons. The van der Waals surface area contributed by atoms with E-state index in [0.29, 0.717) is 5.56 Å². The number of hydrogen-bond donors (Lipinski definition) is 2. The van der Waals surface area contributed by atoms with Gasteiger partial charge in [0, 0.05) is 11.1 Å². The molecule has 0 radical (unpaired) electrons. The molecule has 0 saturated carbocycles. The van der Waals surface area contributed by atoms with Crippen molar-refractivity contribution >= 4 is 11.6 Å². The van der Waals surface area contributed by atoms with Crippen LogP contribution in [0.3, 0.4) is 0 Å². The number of carbonyl (C=O) groups is 1. The zero-order chi connectivity index (χ0) is 15.5. The second-order valence-electron chi connectivity index (χ2n) is 5.25. The number of rotatable bonds is 3. The fraction of sp³-hybridized carbons (Fsp3) is 0.111. The molecule has 0 fully saturated rings.